The van der Waals surface area contributed by atoms with E-state index in [1.54, 1.807) is 18.2 Å². The molecule has 0 unspecified atom stereocenters. The molecule has 5 heteroatoms. The van der Waals surface area contributed by atoms with Gasteiger partial charge in [0.25, 0.3) is 0 Å². The zero-order valence-electron chi connectivity index (χ0n) is 11.4. The van der Waals surface area contributed by atoms with Crippen LogP contribution in [0.2, 0.25) is 0 Å². The van der Waals surface area contributed by atoms with Crippen LogP contribution in [0.4, 0.5) is 4.39 Å². The standard InChI is InChI=1S/C15H19FN2OS/c16-13-9-5-6-10-14(13)20-11-15(19)18-17-12-7-3-1-2-4-8-12/h5-6,9-10H,1-4,7-8,11H2,(H,18,19). The number of benzene rings is 1. The monoisotopic (exact) mass is 294 g/mol. The summed E-state index contributed by atoms with van der Waals surface area (Å²) >= 11 is 1.19. The second kappa shape index (κ2) is 8.04. The molecular weight excluding hydrogens is 275 g/mol. The molecule has 1 aliphatic rings. The van der Waals surface area contributed by atoms with Gasteiger partial charge in [-0.3, -0.25) is 4.79 Å². The van der Waals surface area contributed by atoms with E-state index in [9.17, 15) is 9.18 Å². The number of carbonyl (C=O) groups excluding carboxylic acids is 1. The smallest absolute Gasteiger partial charge is 0.250 e. The number of amides is 1. The molecule has 0 bridgehead atoms. The second-order valence-corrected chi connectivity index (χ2v) is 5.86. The first-order chi connectivity index (χ1) is 9.75. The third-order valence-corrected chi connectivity index (χ3v) is 4.26. The summed E-state index contributed by atoms with van der Waals surface area (Å²) in [5.41, 5.74) is 3.65. The van der Waals surface area contributed by atoms with Gasteiger partial charge in [0.1, 0.15) is 5.82 Å². The van der Waals surface area contributed by atoms with Crippen LogP contribution in [0, 0.1) is 5.82 Å². The lowest BCUT2D eigenvalue weighted by molar-refractivity contribution is -0.118. The molecule has 0 radical (unpaired) electrons. The van der Waals surface area contributed by atoms with Crippen LogP contribution in [-0.2, 0) is 4.79 Å². The SMILES string of the molecule is O=C(CSc1ccccc1F)NN=C1CCCCCC1. The fraction of sp³-hybridized carbons (Fsp3) is 0.467. The van der Waals surface area contributed by atoms with Gasteiger partial charge in [-0.1, -0.05) is 25.0 Å². The minimum Gasteiger partial charge on any atom is -0.272 e. The Morgan fingerprint density at radius 1 is 1.20 bits per heavy atom. The summed E-state index contributed by atoms with van der Waals surface area (Å²) in [4.78, 5) is 12.2. The highest BCUT2D eigenvalue weighted by molar-refractivity contribution is 8.00. The van der Waals surface area contributed by atoms with Gasteiger partial charge < -0.3 is 0 Å². The Labute approximate surface area is 123 Å². The molecule has 0 aromatic heterocycles. The van der Waals surface area contributed by atoms with Crippen molar-refractivity contribution in [2.24, 2.45) is 5.10 Å². The molecule has 0 saturated heterocycles. The summed E-state index contributed by atoms with van der Waals surface area (Å²) in [5, 5.41) is 4.19. The topological polar surface area (TPSA) is 41.5 Å². The molecule has 1 aromatic carbocycles. The van der Waals surface area contributed by atoms with E-state index < -0.39 is 0 Å². The van der Waals surface area contributed by atoms with E-state index in [1.807, 2.05) is 0 Å². The Bertz CT molecular complexity index is 481. The fourth-order valence-electron chi connectivity index (χ4n) is 2.13. The normalized spacial score (nSPS) is 15.6. The van der Waals surface area contributed by atoms with Crippen LogP contribution in [0.5, 0.6) is 0 Å². The van der Waals surface area contributed by atoms with Gasteiger partial charge in [0.2, 0.25) is 5.91 Å². The van der Waals surface area contributed by atoms with Crippen LogP contribution in [0.3, 0.4) is 0 Å². The van der Waals surface area contributed by atoms with Crippen molar-refractivity contribution in [3.63, 3.8) is 0 Å². The van der Waals surface area contributed by atoms with Gasteiger partial charge in [-0.05, 0) is 37.8 Å². The van der Waals surface area contributed by atoms with Crippen LogP contribution >= 0.6 is 11.8 Å². The molecule has 0 spiro atoms. The molecule has 0 atom stereocenters. The zero-order valence-corrected chi connectivity index (χ0v) is 12.2. The lowest BCUT2D eigenvalue weighted by Crippen LogP contribution is -2.21. The fourth-order valence-corrected chi connectivity index (χ4v) is 2.86. The van der Waals surface area contributed by atoms with Crippen LogP contribution in [0.1, 0.15) is 38.5 Å². The number of rotatable bonds is 4. The lowest BCUT2D eigenvalue weighted by Gasteiger charge is -2.04. The average molecular weight is 294 g/mol. The van der Waals surface area contributed by atoms with E-state index in [4.69, 9.17) is 0 Å². The van der Waals surface area contributed by atoms with Crippen molar-refractivity contribution in [2.45, 2.75) is 43.4 Å². The maximum absolute atomic E-state index is 13.4. The molecule has 1 aliphatic carbocycles. The first kappa shape index (κ1) is 15.0. The van der Waals surface area contributed by atoms with Gasteiger partial charge in [0.05, 0.1) is 5.75 Å². The molecule has 0 heterocycles. The number of carbonyl (C=O) groups is 1. The first-order valence-electron chi connectivity index (χ1n) is 6.97. The molecule has 1 amide bonds. The highest BCUT2D eigenvalue weighted by Crippen LogP contribution is 2.20. The Hall–Kier alpha value is -1.36. The molecule has 0 aliphatic heterocycles. The van der Waals surface area contributed by atoms with Gasteiger partial charge in [-0.25, -0.2) is 9.82 Å². The summed E-state index contributed by atoms with van der Waals surface area (Å²) in [6, 6.07) is 6.46. The van der Waals surface area contributed by atoms with Gasteiger partial charge in [-0.2, -0.15) is 5.10 Å². The van der Waals surface area contributed by atoms with Crippen molar-refractivity contribution in [3.8, 4) is 0 Å². The number of thioether (sulfide) groups is 1. The molecule has 2 rings (SSSR count). The highest BCUT2D eigenvalue weighted by Gasteiger charge is 2.08. The van der Waals surface area contributed by atoms with Crippen molar-refractivity contribution >= 4 is 23.4 Å². The minimum atomic E-state index is -0.291. The molecule has 3 nitrogen and oxygen atoms in total. The number of hydrogen-bond donors (Lipinski definition) is 1. The Morgan fingerprint density at radius 3 is 2.60 bits per heavy atom. The maximum Gasteiger partial charge on any atom is 0.250 e. The molecule has 1 saturated carbocycles. The van der Waals surface area contributed by atoms with Gasteiger partial charge in [0, 0.05) is 10.6 Å². The molecule has 20 heavy (non-hydrogen) atoms. The predicted molar refractivity (Wildman–Crippen MR) is 80.4 cm³/mol. The van der Waals surface area contributed by atoms with Gasteiger partial charge in [0.15, 0.2) is 0 Å². The third-order valence-electron chi connectivity index (χ3n) is 3.21. The van der Waals surface area contributed by atoms with Crippen LogP contribution in [0.15, 0.2) is 34.3 Å². The van der Waals surface area contributed by atoms with Crippen molar-refractivity contribution in [3.05, 3.63) is 30.1 Å². The largest absolute Gasteiger partial charge is 0.272 e. The Morgan fingerprint density at radius 2 is 1.90 bits per heavy atom. The summed E-state index contributed by atoms with van der Waals surface area (Å²) in [6.07, 6.45) is 6.74. The van der Waals surface area contributed by atoms with Crippen molar-refractivity contribution in [1.29, 1.82) is 0 Å². The average Bonchev–Trinajstić information content (AvgIpc) is 2.73. The van der Waals surface area contributed by atoms with E-state index in [2.05, 4.69) is 10.5 Å². The number of hydrazone groups is 1. The highest BCUT2D eigenvalue weighted by atomic mass is 32.2. The molecule has 108 valence electrons. The third kappa shape index (κ3) is 4.96. The zero-order chi connectivity index (χ0) is 14.2. The predicted octanol–water partition coefficient (Wildman–Crippen LogP) is 3.74. The summed E-state index contributed by atoms with van der Waals surface area (Å²) in [5.74, 6) is -0.298. The Kier molecular flexibility index (Phi) is 6.05. The molecule has 1 N–H and O–H groups in total. The quantitative estimate of drug-likeness (QED) is 0.522. The number of nitrogens with one attached hydrogen (secondary N) is 1. The van der Waals surface area contributed by atoms with E-state index in [-0.39, 0.29) is 17.5 Å². The summed E-state index contributed by atoms with van der Waals surface area (Å²) < 4.78 is 13.4. The molecule has 1 fully saturated rings. The lowest BCUT2D eigenvalue weighted by atomic mass is 10.2. The van der Waals surface area contributed by atoms with Gasteiger partial charge in [-0.15, -0.1) is 11.8 Å². The van der Waals surface area contributed by atoms with Crippen LogP contribution in [0.25, 0.3) is 0 Å². The van der Waals surface area contributed by atoms with Crippen molar-refractivity contribution < 1.29 is 9.18 Å². The van der Waals surface area contributed by atoms with Crippen LogP contribution < -0.4 is 5.43 Å². The summed E-state index contributed by atoms with van der Waals surface area (Å²) in [7, 11) is 0. The van der Waals surface area contributed by atoms with Gasteiger partial charge >= 0.3 is 0 Å². The van der Waals surface area contributed by atoms with Crippen molar-refractivity contribution in [1.82, 2.24) is 5.43 Å². The number of hydrogen-bond acceptors (Lipinski definition) is 3. The second-order valence-electron chi connectivity index (χ2n) is 4.85. The summed E-state index contributed by atoms with van der Waals surface area (Å²) in [6.45, 7) is 0. The van der Waals surface area contributed by atoms with Crippen molar-refractivity contribution in [2.75, 3.05) is 5.75 Å². The maximum atomic E-state index is 13.4. The molecule has 1 aromatic rings. The first-order valence-corrected chi connectivity index (χ1v) is 7.96. The Balaban J connectivity index is 1.78. The van der Waals surface area contributed by atoms with E-state index in [0.717, 1.165) is 31.4 Å². The van der Waals surface area contributed by atoms with E-state index in [1.165, 1.54) is 30.7 Å². The number of halogens is 1. The molecular formula is C15H19FN2OS. The van der Waals surface area contributed by atoms with Crippen LogP contribution in [-0.4, -0.2) is 17.4 Å². The van der Waals surface area contributed by atoms with E-state index >= 15 is 0 Å². The minimum absolute atomic E-state index is 0.178. The van der Waals surface area contributed by atoms with E-state index in [0.29, 0.717) is 4.90 Å². The number of nitrogens with zero attached hydrogens (tertiary/aromatic N) is 1.